The SMILES string of the molecule is C[C@@H]1C[C@H](CC(=O)OC(C)(C)C)C[C@H](c2ccncc2CCc2ccc(F)c(-c3c(F)cc(C4(O)CCC4)cc3F)n2)C1. The van der Waals surface area contributed by atoms with Gasteiger partial charge in [0.2, 0.25) is 0 Å². The zero-order valence-corrected chi connectivity index (χ0v) is 25.4. The first-order valence-electron chi connectivity index (χ1n) is 15.3. The average Bonchev–Trinajstić information content (AvgIpc) is 2.90. The minimum absolute atomic E-state index is 0.167. The van der Waals surface area contributed by atoms with Crippen molar-refractivity contribution in [1.82, 2.24) is 9.97 Å². The fraction of sp³-hybridized carbons (Fsp3) is 0.514. The maximum Gasteiger partial charge on any atom is 0.306 e. The molecule has 5 nitrogen and oxygen atoms in total. The van der Waals surface area contributed by atoms with E-state index in [1.165, 1.54) is 17.7 Å². The average molecular weight is 595 g/mol. The molecule has 0 spiro atoms. The fourth-order valence-electron chi connectivity index (χ4n) is 6.76. The highest BCUT2D eigenvalue weighted by Gasteiger charge is 2.38. The number of aliphatic hydroxyl groups is 1. The van der Waals surface area contributed by atoms with Crippen molar-refractivity contribution in [2.24, 2.45) is 11.8 Å². The molecule has 230 valence electrons. The minimum atomic E-state index is -1.23. The summed E-state index contributed by atoms with van der Waals surface area (Å²) in [6.07, 6.45) is 9.53. The van der Waals surface area contributed by atoms with Crippen molar-refractivity contribution in [3.63, 3.8) is 0 Å². The number of halogens is 3. The number of benzene rings is 1. The minimum Gasteiger partial charge on any atom is -0.460 e. The number of pyridine rings is 2. The molecule has 5 rings (SSSR count). The van der Waals surface area contributed by atoms with Crippen LogP contribution in [0.3, 0.4) is 0 Å². The molecular weight excluding hydrogens is 553 g/mol. The zero-order valence-electron chi connectivity index (χ0n) is 25.4. The van der Waals surface area contributed by atoms with Crippen LogP contribution in [-0.2, 0) is 28.0 Å². The summed E-state index contributed by atoms with van der Waals surface area (Å²) in [5.74, 6) is -1.92. The van der Waals surface area contributed by atoms with Gasteiger partial charge in [-0.2, -0.15) is 0 Å². The van der Waals surface area contributed by atoms with Crippen LogP contribution in [-0.4, -0.2) is 26.6 Å². The number of aryl methyl sites for hydroxylation is 2. The van der Waals surface area contributed by atoms with E-state index in [1.807, 2.05) is 33.0 Å². The first kappa shape index (κ1) is 31.2. The van der Waals surface area contributed by atoms with Gasteiger partial charge in [0.1, 0.15) is 28.7 Å². The standard InChI is InChI=1S/C35H41F3N2O3/c1-21-14-22(17-31(41)43-34(2,3)4)16-24(15-21)27-10-13-39-20-23(27)6-7-26-8-9-28(36)33(40-26)32-29(37)18-25(19-30(32)38)35(42)11-5-12-35/h8-10,13,18-22,24,42H,5-7,11-12,14-17H2,1-4H3/t21-,22+,24-/m1/s1. The molecule has 2 saturated carbocycles. The van der Waals surface area contributed by atoms with Crippen molar-refractivity contribution in [1.29, 1.82) is 0 Å². The molecule has 3 atom stereocenters. The van der Waals surface area contributed by atoms with Crippen LogP contribution in [0.4, 0.5) is 13.2 Å². The molecule has 0 saturated heterocycles. The molecule has 2 aliphatic rings. The zero-order chi connectivity index (χ0) is 30.9. The molecule has 0 amide bonds. The van der Waals surface area contributed by atoms with E-state index >= 15 is 8.78 Å². The number of aromatic nitrogens is 2. The lowest BCUT2D eigenvalue weighted by molar-refractivity contribution is -0.156. The topological polar surface area (TPSA) is 72.3 Å². The van der Waals surface area contributed by atoms with E-state index in [1.54, 1.807) is 6.20 Å². The summed E-state index contributed by atoms with van der Waals surface area (Å²) in [7, 11) is 0. The van der Waals surface area contributed by atoms with E-state index in [0.717, 1.165) is 43.4 Å². The number of hydrogen-bond donors (Lipinski definition) is 1. The molecule has 2 fully saturated rings. The Bertz CT molecular complexity index is 1460. The van der Waals surface area contributed by atoms with E-state index in [2.05, 4.69) is 16.9 Å². The molecule has 8 heteroatoms. The number of ether oxygens (including phenoxy) is 1. The van der Waals surface area contributed by atoms with Crippen molar-refractivity contribution >= 4 is 5.97 Å². The Balaban J connectivity index is 1.32. The summed E-state index contributed by atoms with van der Waals surface area (Å²) in [6.45, 7) is 7.85. The Morgan fingerprint density at radius 3 is 2.40 bits per heavy atom. The number of esters is 1. The van der Waals surface area contributed by atoms with Crippen LogP contribution in [0.25, 0.3) is 11.3 Å². The van der Waals surface area contributed by atoms with E-state index < -0.39 is 34.2 Å². The van der Waals surface area contributed by atoms with E-state index in [4.69, 9.17) is 4.74 Å². The molecule has 1 aromatic carbocycles. The van der Waals surface area contributed by atoms with Crippen molar-refractivity contribution in [2.75, 3.05) is 0 Å². The summed E-state index contributed by atoms with van der Waals surface area (Å²) in [4.78, 5) is 21.2. The van der Waals surface area contributed by atoms with Crippen molar-refractivity contribution < 1.29 is 27.8 Å². The highest BCUT2D eigenvalue weighted by atomic mass is 19.1. The molecule has 3 aromatic rings. The summed E-state index contributed by atoms with van der Waals surface area (Å²) in [5, 5.41) is 10.5. The fourth-order valence-corrected chi connectivity index (χ4v) is 6.76. The second kappa shape index (κ2) is 12.4. The monoisotopic (exact) mass is 594 g/mol. The lowest BCUT2D eigenvalue weighted by Gasteiger charge is -2.37. The smallest absolute Gasteiger partial charge is 0.306 e. The third-order valence-electron chi connectivity index (χ3n) is 8.85. The predicted molar refractivity (Wildman–Crippen MR) is 159 cm³/mol. The van der Waals surface area contributed by atoms with Gasteiger partial charge in [0.25, 0.3) is 0 Å². The Morgan fingerprint density at radius 2 is 1.74 bits per heavy atom. The molecule has 2 aromatic heterocycles. The maximum absolute atomic E-state index is 15.1. The molecule has 43 heavy (non-hydrogen) atoms. The normalized spacial score (nSPS) is 21.7. The van der Waals surface area contributed by atoms with Crippen LogP contribution in [0.15, 0.2) is 42.7 Å². The van der Waals surface area contributed by atoms with Gasteiger partial charge in [-0.3, -0.25) is 9.78 Å². The Morgan fingerprint density at radius 1 is 1.02 bits per heavy atom. The number of rotatable bonds is 8. The summed E-state index contributed by atoms with van der Waals surface area (Å²) in [5.41, 5.74) is 0.247. The van der Waals surface area contributed by atoms with E-state index in [9.17, 15) is 14.3 Å². The van der Waals surface area contributed by atoms with Crippen LogP contribution in [0, 0.1) is 29.3 Å². The molecule has 1 N–H and O–H groups in total. The Labute approximate surface area is 251 Å². The van der Waals surface area contributed by atoms with Crippen LogP contribution in [0.5, 0.6) is 0 Å². The van der Waals surface area contributed by atoms with E-state index in [-0.39, 0.29) is 29.1 Å². The molecule has 2 aliphatic carbocycles. The van der Waals surface area contributed by atoms with Gasteiger partial charge >= 0.3 is 5.97 Å². The summed E-state index contributed by atoms with van der Waals surface area (Å²) >= 11 is 0. The van der Waals surface area contributed by atoms with Gasteiger partial charge in [0.15, 0.2) is 0 Å². The molecule has 0 bridgehead atoms. The van der Waals surface area contributed by atoms with Gasteiger partial charge in [-0.1, -0.05) is 6.92 Å². The van der Waals surface area contributed by atoms with Crippen LogP contribution in [0.1, 0.15) is 101 Å². The first-order chi connectivity index (χ1) is 20.3. The Kier molecular flexibility index (Phi) is 8.98. The Hall–Kier alpha value is -3.26. The third-order valence-corrected chi connectivity index (χ3v) is 8.85. The van der Waals surface area contributed by atoms with Crippen molar-refractivity contribution in [3.8, 4) is 11.3 Å². The molecule has 0 radical (unpaired) electrons. The largest absolute Gasteiger partial charge is 0.460 e. The van der Waals surface area contributed by atoms with Gasteiger partial charge in [-0.15, -0.1) is 0 Å². The second-order valence-electron chi connectivity index (χ2n) is 13.6. The maximum atomic E-state index is 15.1. The quantitative estimate of drug-likeness (QED) is 0.268. The summed E-state index contributed by atoms with van der Waals surface area (Å²) in [6, 6.07) is 6.95. The highest BCUT2D eigenvalue weighted by Crippen LogP contribution is 2.44. The molecule has 0 unspecified atom stereocenters. The second-order valence-corrected chi connectivity index (χ2v) is 13.6. The molecule has 2 heterocycles. The molecular formula is C35H41F3N2O3. The highest BCUT2D eigenvalue weighted by molar-refractivity contribution is 5.70. The van der Waals surface area contributed by atoms with Crippen LogP contribution < -0.4 is 0 Å². The van der Waals surface area contributed by atoms with Gasteiger partial charge in [-0.05, 0) is 137 Å². The summed E-state index contributed by atoms with van der Waals surface area (Å²) < 4.78 is 50.7. The van der Waals surface area contributed by atoms with Crippen molar-refractivity contribution in [2.45, 2.75) is 103 Å². The van der Waals surface area contributed by atoms with Gasteiger partial charge in [-0.25, -0.2) is 18.2 Å². The first-order valence-corrected chi connectivity index (χ1v) is 15.3. The predicted octanol–water partition coefficient (Wildman–Crippen LogP) is 7.97. The van der Waals surface area contributed by atoms with Crippen molar-refractivity contribution in [3.05, 3.63) is 82.6 Å². The lowest BCUT2D eigenvalue weighted by Crippen LogP contribution is -2.33. The third kappa shape index (κ3) is 7.28. The number of hydrogen-bond acceptors (Lipinski definition) is 5. The van der Waals surface area contributed by atoms with Gasteiger partial charge in [0, 0.05) is 24.5 Å². The number of carbonyl (C=O) groups excluding carboxylic acids is 1. The lowest BCUT2D eigenvalue weighted by atomic mass is 9.71. The van der Waals surface area contributed by atoms with E-state index in [0.29, 0.717) is 43.7 Å². The number of carbonyl (C=O) groups is 1. The van der Waals surface area contributed by atoms with Crippen LogP contribution in [0.2, 0.25) is 0 Å². The van der Waals surface area contributed by atoms with Gasteiger partial charge < -0.3 is 9.84 Å². The van der Waals surface area contributed by atoms with Gasteiger partial charge in [0.05, 0.1) is 11.2 Å². The van der Waals surface area contributed by atoms with Crippen LogP contribution >= 0.6 is 0 Å². The molecule has 0 aliphatic heterocycles. The number of nitrogens with zero attached hydrogens (tertiary/aromatic N) is 2.